The summed E-state index contributed by atoms with van der Waals surface area (Å²) in [6, 6.07) is 3.35. The van der Waals surface area contributed by atoms with Crippen LogP contribution in [0.2, 0.25) is 0 Å². The molecular weight excluding hydrogens is 600 g/mol. The second kappa shape index (κ2) is 12.6. The fraction of sp³-hybridized carbons (Fsp3) is 0.476. The number of nitrogens with one attached hydrogen (secondary N) is 1. The zero-order valence-electron chi connectivity index (χ0n) is 17.1. The molecule has 0 radical (unpaired) electrons. The largest absolute Gasteiger partial charge is 0.504 e. The van der Waals surface area contributed by atoms with Gasteiger partial charge in [-0.25, -0.2) is 4.79 Å². The highest BCUT2D eigenvalue weighted by atomic mass is 127. The summed E-state index contributed by atoms with van der Waals surface area (Å²) >= 11 is 4.30. The van der Waals surface area contributed by atoms with E-state index in [0.717, 1.165) is 37.7 Å². The summed E-state index contributed by atoms with van der Waals surface area (Å²) in [5, 5.41) is 31.9. The van der Waals surface area contributed by atoms with Gasteiger partial charge in [0.15, 0.2) is 18.1 Å². The van der Waals surface area contributed by atoms with Crippen molar-refractivity contribution < 1.29 is 24.9 Å². The van der Waals surface area contributed by atoms with E-state index in [1.807, 2.05) is 20.8 Å². The molecule has 2 atom stereocenters. The van der Waals surface area contributed by atoms with Crippen LogP contribution in [0.4, 0.5) is 0 Å². The molecule has 8 heteroatoms. The molecule has 29 heavy (non-hydrogen) atoms. The number of allylic oxidation sites excluding steroid dienone is 3. The fourth-order valence-electron chi connectivity index (χ4n) is 3.11. The van der Waals surface area contributed by atoms with Gasteiger partial charge in [-0.1, -0.05) is 26.8 Å². The monoisotopic (exact) mass is 629 g/mol. The zero-order chi connectivity index (χ0) is 22.1. The van der Waals surface area contributed by atoms with E-state index in [0.29, 0.717) is 5.76 Å². The molecule has 0 saturated carbocycles. The molecule has 0 aromatic heterocycles. The van der Waals surface area contributed by atoms with Crippen LogP contribution in [-0.4, -0.2) is 34.4 Å². The van der Waals surface area contributed by atoms with Crippen LogP contribution < -0.4 is 5.32 Å². The highest BCUT2D eigenvalue weighted by Gasteiger charge is 2.23. The number of carboxylic acids is 1. The molecule has 0 saturated heterocycles. The van der Waals surface area contributed by atoms with E-state index in [9.17, 15) is 15.0 Å². The predicted molar refractivity (Wildman–Crippen MR) is 132 cm³/mol. The molecule has 0 bridgehead atoms. The van der Waals surface area contributed by atoms with Crippen molar-refractivity contribution in [1.29, 1.82) is 0 Å². The van der Waals surface area contributed by atoms with E-state index >= 15 is 0 Å². The normalized spacial score (nSPS) is 18.0. The third-order valence-corrected chi connectivity index (χ3v) is 5.64. The minimum atomic E-state index is -1.01. The summed E-state index contributed by atoms with van der Waals surface area (Å²) in [7, 11) is 0. The van der Waals surface area contributed by atoms with E-state index in [2.05, 4.69) is 63.5 Å². The second-order valence-corrected chi connectivity index (χ2v) is 9.35. The van der Waals surface area contributed by atoms with Crippen molar-refractivity contribution in [1.82, 2.24) is 5.32 Å². The van der Waals surface area contributed by atoms with Crippen molar-refractivity contribution in [3.8, 4) is 11.5 Å². The number of carbonyl (C=O) groups is 1. The van der Waals surface area contributed by atoms with E-state index in [-0.39, 0.29) is 30.1 Å². The maximum Gasteiger partial charge on any atom is 0.341 e. The number of ether oxygens (including phenoxy) is 1. The molecule has 0 amide bonds. The first-order valence-corrected chi connectivity index (χ1v) is 11.7. The highest BCUT2D eigenvalue weighted by molar-refractivity contribution is 14.1. The Labute approximate surface area is 199 Å². The lowest BCUT2D eigenvalue weighted by Crippen LogP contribution is -2.30. The quantitative estimate of drug-likeness (QED) is 0.139. The molecule has 1 aromatic rings. The van der Waals surface area contributed by atoms with Crippen molar-refractivity contribution in [2.75, 3.05) is 13.2 Å². The Morgan fingerprint density at radius 1 is 1.31 bits per heavy atom. The molecule has 2 rings (SSSR count). The molecule has 0 spiro atoms. The Hall–Kier alpha value is -1.01. The first-order chi connectivity index (χ1) is 13.7. The Morgan fingerprint density at radius 2 is 1.93 bits per heavy atom. The molecule has 4 N–H and O–H groups in total. The SMILES string of the molecule is C/C(I)=C(OCC(=O)O)\C(I)=C/C(C)CC1NCCc2cc(O)c(O)cc21.CC. The van der Waals surface area contributed by atoms with Gasteiger partial charge in [0.1, 0.15) is 5.76 Å². The van der Waals surface area contributed by atoms with Gasteiger partial charge in [-0.05, 0) is 101 Å². The number of aliphatic carboxylic acids is 1. The van der Waals surface area contributed by atoms with E-state index < -0.39 is 5.97 Å². The van der Waals surface area contributed by atoms with Crippen molar-refractivity contribution in [2.24, 2.45) is 5.92 Å². The number of phenolic OH excluding ortho intramolecular Hbond substituents is 2. The third-order valence-electron chi connectivity index (χ3n) is 4.30. The standard InChI is InChI=1S/C19H23I2NO5.C2H6/c1-10(5-14(21)19(11(2)20)27-9-18(25)26)6-15-13-8-17(24)16(23)7-12(13)3-4-22-15;1-2/h5,7-8,10,15,22-24H,3-4,6,9H2,1-2H3,(H,25,26);1-2H3/b14-5+,19-11-;. The first-order valence-electron chi connectivity index (χ1n) is 9.55. The van der Waals surface area contributed by atoms with Crippen LogP contribution in [0.25, 0.3) is 0 Å². The number of rotatable bonds is 7. The van der Waals surface area contributed by atoms with E-state index in [4.69, 9.17) is 9.84 Å². The summed E-state index contributed by atoms with van der Waals surface area (Å²) < 4.78 is 7.19. The van der Waals surface area contributed by atoms with Gasteiger partial charge < -0.3 is 25.4 Å². The number of phenols is 2. The summed E-state index contributed by atoms with van der Waals surface area (Å²) in [4.78, 5) is 10.8. The maximum absolute atomic E-state index is 10.8. The number of benzene rings is 1. The molecule has 2 unspecified atom stereocenters. The van der Waals surface area contributed by atoms with Crippen LogP contribution >= 0.6 is 45.2 Å². The zero-order valence-corrected chi connectivity index (χ0v) is 21.4. The smallest absolute Gasteiger partial charge is 0.341 e. The molecule has 0 aliphatic carbocycles. The van der Waals surface area contributed by atoms with Gasteiger partial charge in [0.2, 0.25) is 0 Å². The van der Waals surface area contributed by atoms with Gasteiger partial charge >= 0.3 is 5.97 Å². The van der Waals surface area contributed by atoms with Crippen LogP contribution in [0.15, 0.2) is 31.1 Å². The van der Waals surface area contributed by atoms with Crippen molar-refractivity contribution in [2.45, 2.75) is 46.6 Å². The van der Waals surface area contributed by atoms with Gasteiger partial charge in [0.05, 0.1) is 3.58 Å². The third kappa shape index (κ3) is 7.97. The summed E-state index contributed by atoms with van der Waals surface area (Å²) in [6.45, 7) is 8.41. The Bertz CT molecular complexity index is 773. The number of halogens is 2. The van der Waals surface area contributed by atoms with Gasteiger partial charge in [0, 0.05) is 9.62 Å². The van der Waals surface area contributed by atoms with E-state index in [1.54, 1.807) is 12.1 Å². The number of hydrogen-bond acceptors (Lipinski definition) is 5. The van der Waals surface area contributed by atoms with Gasteiger partial charge in [-0.2, -0.15) is 0 Å². The Balaban J connectivity index is 0.00000204. The molecule has 6 nitrogen and oxygen atoms in total. The van der Waals surface area contributed by atoms with Crippen LogP contribution in [0.1, 0.15) is 51.3 Å². The molecule has 1 heterocycles. The van der Waals surface area contributed by atoms with Crippen LogP contribution in [0.5, 0.6) is 11.5 Å². The van der Waals surface area contributed by atoms with E-state index in [1.165, 1.54) is 0 Å². The fourth-order valence-corrected chi connectivity index (χ4v) is 5.25. The Morgan fingerprint density at radius 3 is 2.52 bits per heavy atom. The summed E-state index contributed by atoms with van der Waals surface area (Å²) in [6.07, 6.45) is 3.68. The molecule has 1 aliphatic heterocycles. The topological polar surface area (TPSA) is 99.0 Å². The highest BCUT2D eigenvalue weighted by Crippen LogP contribution is 2.36. The molecular formula is C21H29I2NO5. The maximum atomic E-state index is 10.8. The van der Waals surface area contributed by atoms with Gasteiger partial charge in [-0.3, -0.25) is 0 Å². The van der Waals surface area contributed by atoms with Crippen molar-refractivity contribution in [3.05, 3.63) is 42.3 Å². The minimum absolute atomic E-state index is 0.0729. The summed E-state index contributed by atoms with van der Waals surface area (Å²) in [5.74, 6) is -0.415. The minimum Gasteiger partial charge on any atom is -0.504 e. The average molecular weight is 629 g/mol. The lowest BCUT2D eigenvalue weighted by Gasteiger charge is -2.29. The molecule has 0 fully saturated rings. The van der Waals surface area contributed by atoms with Crippen LogP contribution in [0.3, 0.4) is 0 Å². The number of fused-ring (bicyclic) bond motifs is 1. The van der Waals surface area contributed by atoms with Gasteiger partial charge in [-0.15, -0.1) is 0 Å². The number of aromatic hydroxyl groups is 2. The summed E-state index contributed by atoms with van der Waals surface area (Å²) in [5.41, 5.74) is 2.06. The molecule has 1 aromatic carbocycles. The Kier molecular flexibility index (Phi) is 11.3. The lowest BCUT2D eigenvalue weighted by molar-refractivity contribution is -0.140. The van der Waals surface area contributed by atoms with Crippen LogP contribution in [-0.2, 0) is 16.0 Å². The van der Waals surface area contributed by atoms with Crippen molar-refractivity contribution in [3.63, 3.8) is 0 Å². The average Bonchev–Trinajstić information content (AvgIpc) is 2.64. The first kappa shape index (κ1) is 26.0. The second-order valence-electron chi connectivity index (χ2n) is 6.57. The molecule has 1 aliphatic rings. The van der Waals surface area contributed by atoms with Crippen LogP contribution in [0, 0.1) is 5.92 Å². The van der Waals surface area contributed by atoms with Gasteiger partial charge in [0.25, 0.3) is 0 Å². The predicted octanol–water partition coefficient (Wildman–Crippen LogP) is 5.42. The molecule has 162 valence electrons. The number of carboxylic acid groups (broad SMARTS) is 1. The van der Waals surface area contributed by atoms with Crippen molar-refractivity contribution >= 4 is 51.2 Å². The number of hydrogen-bond donors (Lipinski definition) is 4. The lowest BCUT2D eigenvalue weighted by atomic mass is 9.88.